The second-order valence-corrected chi connectivity index (χ2v) is 10.6. The van der Waals surface area contributed by atoms with Crippen molar-refractivity contribution < 1.29 is 22.8 Å². The summed E-state index contributed by atoms with van der Waals surface area (Å²) >= 11 is 0. The van der Waals surface area contributed by atoms with Gasteiger partial charge in [0, 0.05) is 36.5 Å². The fourth-order valence-electron chi connectivity index (χ4n) is 4.29. The van der Waals surface area contributed by atoms with Crippen LogP contribution in [0.1, 0.15) is 33.3 Å². The quantitative estimate of drug-likeness (QED) is 0.528. The van der Waals surface area contributed by atoms with E-state index in [4.69, 9.17) is 0 Å². The second-order valence-electron chi connectivity index (χ2n) is 8.32. The highest BCUT2D eigenvalue weighted by atomic mass is 32.2. The zero-order chi connectivity index (χ0) is 24.0. The summed E-state index contributed by atoms with van der Waals surface area (Å²) in [6.07, 6.45) is 1.59. The molecule has 9 heteroatoms. The minimum absolute atomic E-state index is 0.0220. The number of pyridine rings is 1. The number of allylic oxidation sites excluding steroid dienone is 1. The van der Waals surface area contributed by atoms with E-state index in [1.54, 1.807) is 65.6 Å². The molecule has 2 aromatic carbocycles. The van der Waals surface area contributed by atoms with Crippen molar-refractivity contribution in [3.05, 3.63) is 77.1 Å². The van der Waals surface area contributed by atoms with Gasteiger partial charge in [-0.3, -0.25) is 19.3 Å². The predicted octanol–water partition coefficient (Wildman–Crippen LogP) is 2.70. The van der Waals surface area contributed by atoms with E-state index < -0.39 is 9.84 Å². The van der Waals surface area contributed by atoms with E-state index in [1.807, 2.05) is 0 Å². The average Bonchev–Trinajstić information content (AvgIpc) is 3.10. The van der Waals surface area contributed by atoms with Crippen LogP contribution < -0.4 is 4.90 Å². The van der Waals surface area contributed by atoms with Gasteiger partial charge < -0.3 is 4.90 Å². The number of ketones is 1. The summed E-state index contributed by atoms with van der Waals surface area (Å²) < 4.78 is 23.3. The Morgan fingerprint density at radius 1 is 1.00 bits per heavy atom. The van der Waals surface area contributed by atoms with E-state index in [0.29, 0.717) is 28.0 Å². The maximum absolute atomic E-state index is 12.9. The Morgan fingerprint density at radius 3 is 2.47 bits per heavy atom. The number of amides is 2. The van der Waals surface area contributed by atoms with Crippen molar-refractivity contribution in [2.45, 2.75) is 6.92 Å². The number of carbonyl (C=O) groups is 3. The third-order valence-electron chi connectivity index (χ3n) is 6.05. The normalized spacial score (nSPS) is 18.4. The molecule has 0 saturated carbocycles. The van der Waals surface area contributed by atoms with E-state index in [1.165, 1.54) is 11.8 Å². The van der Waals surface area contributed by atoms with Crippen molar-refractivity contribution in [3.63, 3.8) is 0 Å². The Hall–Kier alpha value is -3.85. The predicted molar refractivity (Wildman–Crippen MR) is 128 cm³/mol. The Labute approximate surface area is 196 Å². The maximum Gasteiger partial charge on any atom is 0.253 e. The number of rotatable bonds is 2. The number of para-hydroxylation sites is 1. The van der Waals surface area contributed by atoms with Gasteiger partial charge in [0.2, 0.25) is 11.7 Å². The molecular weight excluding hydrogens is 454 g/mol. The highest BCUT2D eigenvalue weighted by molar-refractivity contribution is 7.91. The molecule has 1 aromatic heterocycles. The van der Waals surface area contributed by atoms with Gasteiger partial charge in [-0.15, -0.1) is 0 Å². The smallest absolute Gasteiger partial charge is 0.253 e. The van der Waals surface area contributed by atoms with Crippen molar-refractivity contribution >= 4 is 50.1 Å². The molecule has 3 heterocycles. The van der Waals surface area contributed by atoms with Crippen LogP contribution in [0.3, 0.4) is 0 Å². The van der Waals surface area contributed by atoms with Crippen molar-refractivity contribution in [1.29, 1.82) is 0 Å². The third kappa shape index (κ3) is 3.88. The molecule has 2 aliphatic heterocycles. The number of nitrogens with zero attached hydrogens (tertiary/aromatic N) is 3. The van der Waals surface area contributed by atoms with Gasteiger partial charge in [-0.2, -0.15) is 0 Å². The molecule has 0 atom stereocenters. The van der Waals surface area contributed by atoms with Crippen LogP contribution in [0.4, 0.5) is 5.69 Å². The molecule has 1 saturated heterocycles. The Kier molecular flexibility index (Phi) is 5.28. The summed E-state index contributed by atoms with van der Waals surface area (Å²) in [5, 5.41) is 0.738. The Bertz CT molecular complexity index is 1500. The van der Waals surface area contributed by atoms with Crippen LogP contribution in [-0.2, 0) is 14.6 Å². The highest BCUT2D eigenvalue weighted by Gasteiger charge is 2.34. The van der Waals surface area contributed by atoms with Crippen LogP contribution in [0.5, 0.6) is 0 Å². The molecule has 0 aliphatic carbocycles. The molecule has 0 spiro atoms. The standard InChI is InChI=1S/C25H21N3O5S/c1-16(29)28-22-5-3-2-4-20(22)24(30)23(28)15-19-8-6-17-14-18(7-9-21(17)26-19)25(31)27-10-12-34(32,33)13-11-27/h2-9,14-15H,10-13H2,1H3/b23-15+. The fourth-order valence-corrected chi connectivity index (χ4v) is 5.49. The zero-order valence-electron chi connectivity index (χ0n) is 18.4. The maximum atomic E-state index is 12.9. The highest BCUT2D eigenvalue weighted by Crippen LogP contribution is 2.35. The molecule has 5 rings (SSSR count). The lowest BCUT2D eigenvalue weighted by atomic mass is 10.1. The van der Waals surface area contributed by atoms with Crippen LogP contribution in [0.15, 0.2) is 60.3 Å². The SMILES string of the molecule is CC(=O)N1/C(=C/c2ccc3cc(C(=O)N4CCS(=O)(=O)CC4)ccc3n2)C(=O)c2ccccc21. The summed E-state index contributed by atoms with van der Waals surface area (Å²) in [7, 11) is -3.07. The molecule has 34 heavy (non-hydrogen) atoms. The molecule has 1 fully saturated rings. The number of hydrogen-bond donors (Lipinski definition) is 0. The number of hydrogen-bond acceptors (Lipinski definition) is 6. The summed E-state index contributed by atoms with van der Waals surface area (Å²) in [5.41, 5.74) is 2.87. The number of Topliss-reactive ketones (excluding diaryl/α,β-unsaturated/α-hetero) is 1. The minimum atomic E-state index is -3.07. The van der Waals surface area contributed by atoms with Gasteiger partial charge in [-0.25, -0.2) is 13.4 Å². The molecule has 0 unspecified atom stereocenters. The van der Waals surface area contributed by atoms with Crippen LogP contribution in [0.2, 0.25) is 0 Å². The van der Waals surface area contributed by atoms with Crippen molar-refractivity contribution in [2.75, 3.05) is 29.5 Å². The molecule has 0 N–H and O–H groups in total. The van der Waals surface area contributed by atoms with E-state index in [-0.39, 0.29) is 47.9 Å². The fraction of sp³-hybridized carbons (Fsp3) is 0.200. The summed E-state index contributed by atoms with van der Waals surface area (Å²) in [6, 6.07) is 15.6. The minimum Gasteiger partial charge on any atom is -0.337 e. The number of carbonyl (C=O) groups excluding carboxylic acids is 3. The Balaban J connectivity index is 1.44. The van der Waals surface area contributed by atoms with E-state index in [2.05, 4.69) is 4.98 Å². The van der Waals surface area contributed by atoms with Gasteiger partial charge in [0.05, 0.1) is 34.1 Å². The summed E-state index contributed by atoms with van der Waals surface area (Å²) in [5.74, 6) is -0.761. The van der Waals surface area contributed by atoms with Gasteiger partial charge in [0.25, 0.3) is 5.91 Å². The van der Waals surface area contributed by atoms with Gasteiger partial charge in [-0.05, 0) is 42.5 Å². The summed E-state index contributed by atoms with van der Waals surface area (Å²) in [6.45, 7) is 1.79. The van der Waals surface area contributed by atoms with Crippen molar-refractivity contribution in [3.8, 4) is 0 Å². The van der Waals surface area contributed by atoms with E-state index in [0.717, 1.165) is 5.39 Å². The molecule has 172 valence electrons. The lowest BCUT2D eigenvalue weighted by molar-refractivity contribution is -0.116. The third-order valence-corrected chi connectivity index (χ3v) is 7.66. The van der Waals surface area contributed by atoms with Crippen LogP contribution in [0, 0.1) is 0 Å². The van der Waals surface area contributed by atoms with Crippen molar-refractivity contribution in [2.24, 2.45) is 0 Å². The molecule has 0 bridgehead atoms. The lowest BCUT2D eigenvalue weighted by Gasteiger charge is -2.26. The largest absolute Gasteiger partial charge is 0.337 e. The number of aromatic nitrogens is 1. The first kappa shape index (κ1) is 22.0. The van der Waals surface area contributed by atoms with Crippen LogP contribution in [0.25, 0.3) is 17.0 Å². The molecule has 2 aliphatic rings. The monoisotopic (exact) mass is 475 g/mol. The first-order valence-electron chi connectivity index (χ1n) is 10.8. The first-order chi connectivity index (χ1) is 16.2. The van der Waals surface area contributed by atoms with Gasteiger partial charge in [-0.1, -0.05) is 18.2 Å². The topological polar surface area (TPSA) is 105 Å². The first-order valence-corrected chi connectivity index (χ1v) is 12.6. The van der Waals surface area contributed by atoms with Crippen LogP contribution >= 0.6 is 0 Å². The van der Waals surface area contributed by atoms with Crippen molar-refractivity contribution in [1.82, 2.24) is 9.88 Å². The lowest BCUT2D eigenvalue weighted by Crippen LogP contribution is -2.43. The van der Waals surface area contributed by atoms with Crippen LogP contribution in [-0.4, -0.2) is 60.5 Å². The number of sulfone groups is 1. The van der Waals surface area contributed by atoms with Gasteiger partial charge in [0.1, 0.15) is 0 Å². The second kappa shape index (κ2) is 8.18. The number of anilines is 1. The van der Waals surface area contributed by atoms with Gasteiger partial charge >= 0.3 is 0 Å². The Morgan fingerprint density at radius 2 is 1.74 bits per heavy atom. The average molecular weight is 476 g/mol. The number of fused-ring (bicyclic) bond motifs is 2. The van der Waals surface area contributed by atoms with E-state index in [9.17, 15) is 22.8 Å². The molecule has 0 radical (unpaired) electrons. The number of benzene rings is 2. The van der Waals surface area contributed by atoms with E-state index >= 15 is 0 Å². The zero-order valence-corrected chi connectivity index (χ0v) is 19.2. The molecular formula is C25H21N3O5S. The van der Waals surface area contributed by atoms with Gasteiger partial charge in [0.15, 0.2) is 9.84 Å². The molecule has 2 amide bonds. The summed E-state index contributed by atoms with van der Waals surface area (Å²) in [4.78, 5) is 45.6. The molecule has 8 nitrogen and oxygen atoms in total. The molecule has 3 aromatic rings.